The van der Waals surface area contributed by atoms with Crippen molar-refractivity contribution in [1.29, 1.82) is 0 Å². The summed E-state index contributed by atoms with van der Waals surface area (Å²) in [5.74, 6) is 0. The summed E-state index contributed by atoms with van der Waals surface area (Å²) in [5, 5.41) is 19.7. The van der Waals surface area contributed by atoms with Crippen LogP contribution in [0.25, 0.3) is 0 Å². The number of aliphatic hydroxyl groups excluding tert-OH is 2. The zero-order valence-corrected chi connectivity index (χ0v) is 11.5. The van der Waals surface area contributed by atoms with Crippen molar-refractivity contribution < 1.29 is 19.7 Å². The van der Waals surface area contributed by atoms with Crippen molar-refractivity contribution in [2.75, 3.05) is 0 Å². The van der Waals surface area contributed by atoms with Gasteiger partial charge in [-0.3, -0.25) is 0 Å². The van der Waals surface area contributed by atoms with E-state index in [1.807, 2.05) is 44.2 Å². The van der Waals surface area contributed by atoms with Gasteiger partial charge in [0.15, 0.2) is 6.29 Å². The lowest BCUT2D eigenvalue weighted by atomic mass is 9.89. The molecule has 0 bridgehead atoms. The number of aliphatic hydroxyl groups is 2. The van der Waals surface area contributed by atoms with E-state index in [1.54, 1.807) is 0 Å². The molecule has 4 nitrogen and oxygen atoms in total. The average Bonchev–Trinajstić information content (AvgIpc) is 2.70. The van der Waals surface area contributed by atoms with Crippen molar-refractivity contribution in [1.82, 2.24) is 0 Å². The van der Waals surface area contributed by atoms with Gasteiger partial charge in [-0.1, -0.05) is 44.2 Å². The summed E-state index contributed by atoms with van der Waals surface area (Å²) in [7, 11) is 0. The van der Waals surface area contributed by atoms with Crippen LogP contribution >= 0.6 is 0 Å². The zero-order valence-electron chi connectivity index (χ0n) is 11.5. The van der Waals surface area contributed by atoms with E-state index in [9.17, 15) is 10.2 Å². The fourth-order valence-corrected chi connectivity index (χ4v) is 2.67. The second kappa shape index (κ2) is 6.01. The van der Waals surface area contributed by atoms with Crippen molar-refractivity contribution in [2.24, 2.45) is 0 Å². The van der Waals surface area contributed by atoms with E-state index in [-0.39, 0.29) is 0 Å². The average molecular weight is 266 g/mol. The molecule has 0 spiro atoms. The van der Waals surface area contributed by atoms with Crippen LogP contribution in [0.5, 0.6) is 0 Å². The van der Waals surface area contributed by atoms with E-state index in [4.69, 9.17) is 9.47 Å². The smallest absolute Gasteiger partial charge is 0.184 e. The molecule has 3 atom stereocenters. The summed E-state index contributed by atoms with van der Waals surface area (Å²) in [5.41, 5.74) is 0.436. The number of hydrogen-bond donors (Lipinski definition) is 2. The first kappa shape index (κ1) is 14.5. The Balaban J connectivity index is 2.08. The third kappa shape index (κ3) is 2.82. The van der Waals surface area contributed by atoms with Crippen molar-refractivity contribution in [3.05, 3.63) is 35.9 Å². The molecule has 1 aliphatic heterocycles. The van der Waals surface area contributed by atoms with E-state index in [0.717, 1.165) is 5.56 Å². The molecule has 106 valence electrons. The monoisotopic (exact) mass is 266 g/mol. The molecule has 19 heavy (non-hydrogen) atoms. The minimum absolute atomic E-state index is 0.403. The quantitative estimate of drug-likeness (QED) is 0.854. The summed E-state index contributed by atoms with van der Waals surface area (Å²) in [6.45, 7) is 4.36. The molecule has 1 aromatic rings. The lowest BCUT2D eigenvalue weighted by molar-refractivity contribution is -0.166. The molecule has 2 N–H and O–H groups in total. The largest absolute Gasteiger partial charge is 0.385 e. The third-order valence-electron chi connectivity index (χ3n) is 3.95. The van der Waals surface area contributed by atoms with Gasteiger partial charge in [-0.05, 0) is 18.4 Å². The lowest BCUT2D eigenvalue weighted by Gasteiger charge is -2.32. The maximum Gasteiger partial charge on any atom is 0.184 e. The summed E-state index contributed by atoms with van der Waals surface area (Å²) in [6.07, 6.45) is -1.28. The highest BCUT2D eigenvalue weighted by molar-refractivity contribution is 5.13. The minimum atomic E-state index is -1.17. The topological polar surface area (TPSA) is 58.9 Å². The van der Waals surface area contributed by atoms with Crippen LogP contribution in [0.2, 0.25) is 0 Å². The molecule has 1 fully saturated rings. The highest BCUT2D eigenvalue weighted by atomic mass is 16.7. The van der Waals surface area contributed by atoms with Crippen LogP contribution in [0.4, 0.5) is 0 Å². The molecule has 0 amide bonds. The molecule has 0 saturated carbocycles. The van der Waals surface area contributed by atoms with Crippen LogP contribution in [-0.2, 0) is 16.1 Å². The van der Waals surface area contributed by atoms with Crippen molar-refractivity contribution in [3.8, 4) is 0 Å². The van der Waals surface area contributed by atoms with E-state index < -0.39 is 24.1 Å². The van der Waals surface area contributed by atoms with Crippen LogP contribution < -0.4 is 0 Å². The molecular formula is C15H22O4. The van der Waals surface area contributed by atoms with E-state index in [2.05, 4.69) is 0 Å². The Kier molecular flexibility index (Phi) is 4.58. The second-order valence-corrected chi connectivity index (χ2v) is 4.99. The molecule has 1 heterocycles. The Hall–Kier alpha value is -0.940. The molecule has 1 aliphatic rings. The third-order valence-corrected chi connectivity index (χ3v) is 3.95. The van der Waals surface area contributed by atoms with Gasteiger partial charge >= 0.3 is 0 Å². The van der Waals surface area contributed by atoms with Crippen LogP contribution in [0.3, 0.4) is 0 Å². The summed E-state index contributed by atoms with van der Waals surface area (Å²) >= 11 is 0. The highest BCUT2D eigenvalue weighted by Crippen LogP contribution is 2.38. The Labute approximate surface area is 114 Å². The number of ether oxygens (including phenoxy) is 2. The molecule has 0 aliphatic carbocycles. The Morgan fingerprint density at radius 3 is 2.37 bits per heavy atom. The summed E-state index contributed by atoms with van der Waals surface area (Å²) in [4.78, 5) is 0. The van der Waals surface area contributed by atoms with Gasteiger partial charge < -0.3 is 19.7 Å². The normalized spacial score (nSPS) is 29.6. The van der Waals surface area contributed by atoms with Crippen LogP contribution in [-0.4, -0.2) is 34.3 Å². The van der Waals surface area contributed by atoms with Gasteiger partial charge in [0, 0.05) is 0 Å². The SMILES string of the molecule is CCC1(CC)O[C@H](O)C(O)[C@H]1OCc1ccccc1. The fraction of sp³-hybridized carbons (Fsp3) is 0.600. The molecule has 1 saturated heterocycles. The summed E-state index contributed by atoms with van der Waals surface area (Å²) < 4.78 is 11.4. The Morgan fingerprint density at radius 1 is 1.16 bits per heavy atom. The van der Waals surface area contributed by atoms with E-state index in [0.29, 0.717) is 19.4 Å². The molecule has 1 aromatic carbocycles. The molecule has 4 heteroatoms. The van der Waals surface area contributed by atoms with Crippen LogP contribution in [0.15, 0.2) is 30.3 Å². The molecule has 0 aromatic heterocycles. The molecule has 1 unspecified atom stereocenters. The van der Waals surface area contributed by atoms with Crippen molar-refractivity contribution in [3.63, 3.8) is 0 Å². The number of hydrogen-bond acceptors (Lipinski definition) is 4. The van der Waals surface area contributed by atoms with Gasteiger partial charge in [0.1, 0.15) is 12.2 Å². The zero-order chi connectivity index (χ0) is 13.9. The predicted octanol–water partition coefficient (Wildman–Crippen LogP) is 1.84. The highest BCUT2D eigenvalue weighted by Gasteiger charge is 2.53. The molecule has 0 radical (unpaired) electrons. The van der Waals surface area contributed by atoms with Gasteiger partial charge in [-0.25, -0.2) is 0 Å². The first-order chi connectivity index (χ1) is 9.13. The van der Waals surface area contributed by atoms with Gasteiger partial charge in [0.2, 0.25) is 0 Å². The Bertz CT molecular complexity index is 388. The maximum atomic E-state index is 10.0. The van der Waals surface area contributed by atoms with E-state index in [1.165, 1.54) is 0 Å². The molecule has 2 rings (SSSR count). The van der Waals surface area contributed by atoms with Gasteiger partial charge in [0.05, 0.1) is 12.2 Å². The number of benzene rings is 1. The van der Waals surface area contributed by atoms with Crippen LogP contribution in [0.1, 0.15) is 32.3 Å². The van der Waals surface area contributed by atoms with Crippen molar-refractivity contribution in [2.45, 2.75) is 57.4 Å². The van der Waals surface area contributed by atoms with Gasteiger partial charge in [-0.15, -0.1) is 0 Å². The first-order valence-electron chi connectivity index (χ1n) is 6.82. The van der Waals surface area contributed by atoms with Gasteiger partial charge in [-0.2, -0.15) is 0 Å². The fourth-order valence-electron chi connectivity index (χ4n) is 2.67. The maximum absolute atomic E-state index is 10.0. The second-order valence-electron chi connectivity index (χ2n) is 4.99. The first-order valence-corrected chi connectivity index (χ1v) is 6.82. The number of rotatable bonds is 5. The Morgan fingerprint density at radius 2 is 1.79 bits per heavy atom. The summed E-state index contributed by atoms with van der Waals surface area (Å²) in [6, 6.07) is 9.78. The predicted molar refractivity (Wildman–Crippen MR) is 71.4 cm³/mol. The van der Waals surface area contributed by atoms with Crippen LogP contribution in [0, 0.1) is 0 Å². The lowest BCUT2D eigenvalue weighted by Crippen LogP contribution is -2.44. The minimum Gasteiger partial charge on any atom is -0.385 e. The van der Waals surface area contributed by atoms with Gasteiger partial charge in [0.25, 0.3) is 0 Å². The van der Waals surface area contributed by atoms with Crippen molar-refractivity contribution >= 4 is 0 Å². The molecular weight excluding hydrogens is 244 g/mol. The van der Waals surface area contributed by atoms with E-state index >= 15 is 0 Å². The standard InChI is InChI=1S/C15H22O4/c1-3-15(4-2)13(12(16)14(17)19-15)18-10-11-8-6-5-7-9-11/h5-9,12-14,16-17H,3-4,10H2,1-2H3/t12?,13-,14+/m1/s1.